The summed E-state index contributed by atoms with van der Waals surface area (Å²) in [6.07, 6.45) is 5.36. The molecular formula is C20H22N4O5. The van der Waals surface area contributed by atoms with E-state index in [4.69, 9.17) is 9.84 Å². The smallest absolute Gasteiger partial charge is 0.306 e. The van der Waals surface area contributed by atoms with Crippen molar-refractivity contribution in [2.24, 2.45) is 5.92 Å². The van der Waals surface area contributed by atoms with Crippen LogP contribution in [0.1, 0.15) is 23.2 Å². The van der Waals surface area contributed by atoms with Gasteiger partial charge in [0.2, 0.25) is 11.8 Å². The summed E-state index contributed by atoms with van der Waals surface area (Å²) in [5, 5.41) is 9.05. The topological polar surface area (TPSA) is 113 Å². The monoisotopic (exact) mass is 398 g/mol. The first-order valence-corrected chi connectivity index (χ1v) is 9.24. The molecule has 0 bridgehead atoms. The van der Waals surface area contributed by atoms with Gasteiger partial charge in [-0.2, -0.15) is 0 Å². The van der Waals surface area contributed by atoms with Crippen LogP contribution in [0.3, 0.4) is 0 Å². The number of carboxylic acids is 1. The van der Waals surface area contributed by atoms with Gasteiger partial charge in [-0.15, -0.1) is 0 Å². The number of hydrogen-bond acceptors (Lipinski definition) is 6. The predicted octanol–water partition coefficient (Wildman–Crippen LogP) is 1.66. The minimum atomic E-state index is -0.826. The second-order valence-electron chi connectivity index (χ2n) is 6.83. The number of likely N-dealkylation sites (tertiary alicyclic amines) is 1. The summed E-state index contributed by atoms with van der Waals surface area (Å²) < 4.78 is 5.59. The Kier molecular flexibility index (Phi) is 6.38. The summed E-state index contributed by atoms with van der Waals surface area (Å²) in [6, 6.07) is 6.61. The number of carboxylic acid groups (broad SMARTS) is 1. The van der Waals surface area contributed by atoms with Crippen LogP contribution in [-0.4, -0.2) is 69.3 Å². The SMILES string of the molecule is CN(CC(=O)N1CCC(C(=O)O)CC1)C(=O)c1cccc(Oc2cnccn2)c1. The van der Waals surface area contributed by atoms with Gasteiger partial charge in [0.15, 0.2) is 0 Å². The number of aromatic nitrogens is 2. The van der Waals surface area contributed by atoms with Crippen LogP contribution >= 0.6 is 0 Å². The second-order valence-corrected chi connectivity index (χ2v) is 6.83. The van der Waals surface area contributed by atoms with E-state index in [2.05, 4.69) is 9.97 Å². The predicted molar refractivity (Wildman–Crippen MR) is 102 cm³/mol. The highest BCUT2D eigenvalue weighted by atomic mass is 16.5. The summed E-state index contributed by atoms with van der Waals surface area (Å²) in [5.74, 6) is -0.999. The van der Waals surface area contributed by atoms with Crippen LogP contribution in [0.5, 0.6) is 11.6 Å². The lowest BCUT2D eigenvalue weighted by molar-refractivity contribution is -0.145. The highest BCUT2D eigenvalue weighted by Gasteiger charge is 2.28. The summed E-state index contributed by atoms with van der Waals surface area (Å²) >= 11 is 0. The van der Waals surface area contributed by atoms with E-state index in [1.165, 1.54) is 23.5 Å². The molecule has 152 valence electrons. The van der Waals surface area contributed by atoms with Crippen LogP contribution in [0.2, 0.25) is 0 Å². The van der Waals surface area contributed by atoms with Gasteiger partial charge in [0.1, 0.15) is 5.75 Å². The van der Waals surface area contributed by atoms with Gasteiger partial charge in [0, 0.05) is 38.1 Å². The van der Waals surface area contributed by atoms with Crippen LogP contribution in [-0.2, 0) is 9.59 Å². The van der Waals surface area contributed by atoms with Gasteiger partial charge < -0.3 is 19.6 Å². The van der Waals surface area contributed by atoms with E-state index < -0.39 is 11.9 Å². The summed E-state index contributed by atoms with van der Waals surface area (Å²) in [6.45, 7) is 0.699. The van der Waals surface area contributed by atoms with Crippen molar-refractivity contribution in [2.45, 2.75) is 12.8 Å². The third kappa shape index (κ3) is 5.28. The maximum absolute atomic E-state index is 12.7. The Bertz CT molecular complexity index is 881. The van der Waals surface area contributed by atoms with E-state index in [9.17, 15) is 14.4 Å². The van der Waals surface area contributed by atoms with E-state index in [-0.39, 0.29) is 18.4 Å². The molecule has 0 saturated carbocycles. The molecule has 0 spiro atoms. The molecule has 1 aliphatic rings. The first-order valence-electron chi connectivity index (χ1n) is 9.24. The van der Waals surface area contributed by atoms with E-state index in [1.54, 1.807) is 36.2 Å². The molecule has 1 aromatic carbocycles. The highest BCUT2D eigenvalue weighted by Crippen LogP contribution is 2.21. The fourth-order valence-corrected chi connectivity index (χ4v) is 3.12. The molecule has 1 fully saturated rings. The highest BCUT2D eigenvalue weighted by molar-refractivity contribution is 5.96. The molecule has 1 aromatic heterocycles. The van der Waals surface area contributed by atoms with Gasteiger partial charge in [-0.3, -0.25) is 19.4 Å². The van der Waals surface area contributed by atoms with Crippen LogP contribution in [0, 0.1) is 5.92 Å². The lowest BCUT2D eigenvalue weighted by atomic mass is 9.97. The van der Waals surface area contributed by atoms with Crippen molar-refractivity contribution >= 4 is 17.8 Å². The van der Waals surface area contributed by atoms with Crippen molar-refractivity contribution in [1.82, 2.24) is 19.8 Å². The lowest BCUT2D eigenvalue weighted by Crippen LogP contribution is -2.45. The summed E-state index contributed by atoms with van der Waals surface area (Å²) in [5.41, 5.74) is 0.381. The van der Waals surface area contributed by atoms with Crippen molar-refractivity contribution < 1.29 is 24.2 Å². The van der Waals surface area contributed by atoms with Gasteiger partial charge in [0.25, 0.3) is 5.91 Å². The molecule has 9 heteroatoms. The average Bonchev–Trinajstić information content (AvgIpc) is 2.74. The minimum Gasteiger partial charge on any atom is -0.481 e. The minimum absolute atomic E-state index is 0.0776. The van der Waals surface area contributed by atoms with Gasteiger partial charge in [0.05, 0.1) is 18.7 Å². The number of ether oxygens (including phenoxy) is 1. The molecule has 9 nitrogen and oxygen atoms in total. The lowest BCUT2D eigenvalue weighted by Gasteiger charge is -2.31. The number of aliphatic carboxylic acids is 1. The average molecular weight is 398 g/mol. The van der Waals surface area contributed by atoms with Crippen molar-refractivity contribution in [3.63, 3.8) is 0 Å². The number of rotatable bonds is 6. The fraction of sp³-hybridized carbons (Fsp3) is 0.350. The number of likely N-dealkylation sites (N-methyl/N-ethyl adjacent to an activating group) is 1. The van der Waals surface area contributed by atoms with Crippen molar-refractivity contribution in [2.75, 3.05) is 26.7 Å². The molecule has 29 heavy (non-hydrogen) atoms. The number of carbonyl (C=O) groups is 3. The number of carbonyl (C=O) groups excluding carboxylic acids is 2. The Morgan fingerprint density at radius 1 is 1.24 bits per heavy atom. The molecule has 1 aliphatic heterocycles. The zero-order valence-corrected chi connectivity index (χ0v) is 16.0. The molecule has 2 aromatic rings. The molecule has 1 N–H and O–H groups in total. The van der Waals surface area contributed by atoms with E-state index in [1.807, 2.05) is 0 Å². The van der Waals surface area contributed by atoms with Gasteiger partial charge in [-0.25, -0.2) is 4.98 Å². The third-order valence-electron chi connectivity index (χ3n) is 4.76. The van der Waals surface area contributed by atoms with E-state index >= 15 is 0 Å². The van der Waals surface area contributed by atoms with Crippen molar-refractivity contribution in [3.05, 3.63) is 48.4 Å². The second kappa shape index (κ2) is 9.13. The Labute approximate surface area is 167 Å². The molecule has 2 amide bonds. The number of nitrogens with zero attached hydrogens (tertiary/aromatic N) is 4. The number of amides is 2. The number of piperidine rings is 1. The molecule has 2 heterocycles. The molecule has 3 rings (SSSR count). The van der Waals surface area contributed by atoms with Crippen LogP contribution in [0.15, 0.2) is 42.9 Å². The normalized spacial score (nSPS) is 14.3. The van der Waals surface area contributed by atoms with Crippen molar-refractivity contribution in [3.8, 4) is 11.6 Å². The van der Waals surface area contributed by atoms with Crippen molar-refractivity contribution in [1.29, 1.82) is 0 Å². The summed E-state index contributed by atoms with van der Waals surface area (Å²) in [4.78, 5) is 47.1. The fourth-order valence-electron chi connectivity index (χ4n) is 3.12. The Morgan fingerprint density at radius 2 is 2.00 bits per heavy atom. The number of hydrogen-bond donors (Lipinski definition) is 1. The first kappa shape index (κ1) is 20.2. The van der Waals surface area contributed by atoms with Gasteiger partial charge in [-0.1, -0.05) is 6.07 Å². The molecule has 0 unspecified atom stereocenters. The van der Waals surface area contributed by atoms with Crippen LogP contribution < -0.4 is 4.74 Å². The Morgan fingerprint density at radius 3 is 2.66 bits per heavy atom. The van der Waals surface area contributed by atoms with E-state index in [0.717, 1.165) is 0 Å². The molecule has 0 aliphatic carbocycles. The van der Waals surface area contributed by atoms with Gasteiger partial charge in [-0.05, 0) is 31.0 Å². The Hall–Kier alpha value is -3.49. The first-order chi connectivity index (χ1) is 13.9. The molecule has 1 saturated heterocycles. The zero-order chi connectivity index (χ0) is 20.8. The third-order valence-corrected chi connectivity index (χ3v) is 4.76. The Balaban J connectivity index is 1.58. The van der Waals surface area contributed by atoms with Crippen LogP contribution in [0.4, 0.5) is 0 Å². The van der Waals surface area contributed by atoms with E-state index in [0.29, 0.717) is 43.1 Å². The van der Waals surface area contributed by atoms with Gasteiger partial charge >= 0.3 is 5.97 Å². The molecule has 0 radical (unpaired) electrons. The standard InChI is InChI=1S/C20H22N4O5/c1-23(13-18(25)24-9-5-14(6-10-24)20(27)28)19(26)15-3-2-4-16(11-15)29-17-12-21-7-8-22-17/h2-4,7-8,11-12,14H,5-6,9-10,13H2,1H3,(H,27,28). The maximum Gasteiger partial charge on any atom is 0.306 e. The maximum atomic E-state index is 12.7. The summed E-state index contributed by atoms with van der Waals surface area (Å²) in [7, 11) is 1.56. The largest absolute Gasteiger partial charge is 0.481 e. The quantitative estimate of drug-likeness (QED) is 0.787. The molecular weight excluding hydrogens is 376 g/mol. The molecule has 0 atom stereocenters. The zero-order valence-electron chi connectivity index (χ0n) is 16.0. The number of benzene rings is 1. The van der Waals surface area contributed by atoms with Crippen LogP contribution in [0.25, 0.3) is 0 Å².